The molecule has 0 aliphatic carbocycles. The summed E-state index contributed by atoms with van der Waals surface area (Å²) in [5.74, 6) is -0.240. The van der Waals surface area contributed by atoms with E-state index < -0.39 is 12.0 Å². The lowest BCUT2D eigenvalue weighted by atomic mass is 9.99. The number of amides is 1. The minimum atomic E-state index is -0.657. The fraction of sp³-hybridized carbons (Fsp3) is 0.467. The van der Waals surface area contributed by atoms with Crippen molar-refractivity contribution in [1.82, 2.24) is 5.32 Å². The number of carbonyl (C=O) groups is 2. The maximum Gasteiger partial charge on any atom is 0.328 e. The van der Waals surface area contributed by atoms with E-state index in [9.17, 15) is 9.59 Å². The number of esters is 1. The van der Waals surface area contributed by atoms with Crippen molar-refractivity contribution >= 4 is 27.8 Å². The zero-order valence-electron chi connectivity index (χ0n) is 12.4. The molecule has 0 bridgehead atoms. The van der Waals surface area contributed by atoms with Crippen molar-refractivity contribution in [2.45, 2.75) is 26.3 Å². The largest absolute Gasteiger partial charge is 0.483 e. The normalized spacial score (nSPS) is 13.1. The third kappa shape index (κ3) is 5.38. The summed E-state index contributed by atoms with van der Waals surface area (Å²) in [7, 11) is 1.31. The molecule has 116 valence electrons. The van der Waals surface area contributed by atoms with Crippen molar-refractivity contribution in [2.75, 3.05) is 13.7 Å². The quantitative estimate of drug-likeness (QED) is 0.761. The number of methoxy groups -OCH3 is 1. The molecule has 1 aromatic carbocycles. The van der Waals surface area contributed by atoms with Crippen molar-refractivity contribution in [3.8, 4) is 5.75 Å². The number of carbonyl (C=O) groups excluding carboxylic acids is 2. The minimum absolute atomic E-state index is 0.00939. The second-order valence-corrected chi connectivity index (χ2v) is 5.53. The summed E-state index contributed by atoms with van der Waals surface area (Å²) >= 11 is 3.34. The van der Waals surface area contributed by atoms with Gasteiger partial charge in [-0.3, -0.25) is 4.79 Å². The smallest absolute Gasteiger partial charge is 0.328 e. The number of rotatable bonds is 7. The van der Waals surface area contributed by atoms with Gasteiger partial charge in [0.15, 0.2) is 6.61 Å². The summed E-state index contributed by atoms with van der Waals surface area (Å²) in [4.78, 5) is 23.6. The van der Waals surface area contributed by atoms with Crippen LogP contribution in [0.25, 0.3) is 0 Å². The number of ether oxygens (including phenoxy) is 2. The van der Waals surface area contributed by atoms with E-state index in [-0.39, 0.29) is 18.4 Å². The van der Waals surface area contributed by atoms with E-state index >= 15 is 0 Å². The van der Waals surface area contributed by atoms with Gasteiger partial charge in [-0.1, -0.05) is 32.4 Å². The van der Waals surface area contributed by atoms with Crippen molar-refractivity contribution in [3.63, 3.8) is 0 Å². The molecule has 0 spiro atoms. The molecular weight excluding hydrogens is 338 g/mol. The van der Waals surface area contributed by atoms with E-state index in [4.69, 9.17) is 9.47 Å². The van der Waals surface area contributed by atoms with Crippen LogP contribution < -0.4 is 10.1 Å². The molecule has 0 saturated carbocycles. The van der Waals surface area contributed by atoms with Crippen LogP contribution in [0, 0.1) is 5.92 Å². The van der Waals surface area contributed by atoms with Gasteiger partial charge in [0, 0.05) is 0 Å². The van der Waals surface area contributed by atoms with Crippen LogP contribution in [0.2, 0.25) is 0 Å². The van der Waals surface area contributed by atoms with Crippen LogP contribution in [-0.2, 0) is 14.3 Å². The first kappa shape index (κ1) is 17.5. The van der Waals surface area contributed by atoms with Crippen molar-refractivity contribution in [3.05, 3.63) is 28.7 Å². The zero-order chi connectivity index (χ0) is 15.8. The molecule has 0 aliphatic heterocycles. The highest BCUT2D eigenvalue weighted by Gasteiger charge is 2.26. The van der Waals surface area contributed by atoms with Gasteiger partial charge >= 0.3 is 5.97 Å². The Balaban J connectivity index is 2.58. The van der Waals surface area contributed by atoms with Crippen LogP contribution in [0.1, 0.15) is 20.3 Å². The molecule has 1 rings (SSSR count). The Morgan fingerprint density at radius 2 is 2.00 bits per heavy atom. The van der Waals surface area contributed by atoms with Gasteiger partial charge in [-0.25, -0.2) is 4.79 Å². The zero-order valence-corrected chi connectivity index (χ0v) is 14.0. The summed E-state index contributed by atoms with van der Waals surface area (Å²) < 4.78 is 10.9. The van der Waals surface area contributed by atoms with Crippen LogP contribution in [0.5, 0.6) is 5.75 Å². The second kappa shape index (κ2) is 8.67. The summed E-state index contributed by atoms with van der Waals surface area (Å²) in [5, 5.41) is 2.65. The first-order valence-corrected chi connectivity index (χ1v) is 7.53. The predicted molar refractivity (Wildman–Crippen MR) is 83.0 cm³/mol. The maximum atomic E-state index is 11.9. The molecule has 0 heterocycles. The molecule has 1 aromatic rings. The summed E-state index contributed by atoms with van der Waals surface area (Å²) in [6, 6.07) is 6.59. The second-order valence-electron chi connectivity index (χ2n) is 4.67. The maximum absolute atomic E-state index is 11.9. The predicted octanol–water partition coefficient (Wildman–Crippen LogP) is 2.53. The van der Waals surface area contributed by atoms with Gasteiger partial charge in [0.25, 0.3) is 5.91 Å². The molecule has 0 saturated heterocycles. The Bertz CT molecular complexity index is 492. The molecule has 21 heavy (non-hydrogen) atoms. The number of benzene rings is 1. The molecule has 0 radical (unpaired) electrons. The van der Waals surface area contributed by atoms with Crippen LogP contribution in [-0.4, -0.2) is 31.6 Å². The lowest BCUT2D eigenvalue weighted by Gasteiger charge is -2.21. The van der Waals surface area contributed by atoms with Crippen LogP contribution in [0.15, 0.2) is 28.7 Å². The monoisotopic (exact) mass is 357 g/mol. The standard InChI is InChI=1S/C15H20BrNO4/c1-4-10(2)14(15(19)20-3)17-13(18)9-21-12-8-6-5-7-11(12)16/h5-8,10,14H,4,9H2,1-3H3,(H,17,18)/t10-,14+/m1/s1. The number of para-hydroxylation sites is 1. The Hall–Kier alpha value is -1.56. The minimum Gasteiger partial charge on any atom is -0.483 e. The average molecular weight is 358 g/mol. The molecule has 1 N–H and O–H groups in total. The van der Waals surface area contributed by atoms with Crippen LogP contribution >= 0.6 is 15.9 Å². The van der Waals surface area contributed by atoms with Gasteiger partial charge in [0.1, 0.15) is 11.8 Å². The number of hydrogen-bond acceptors (Lipinski definition) is 4. The Morgan fingerprint density at radius 1 is 1.33 bits per heavy atom. The fourth-order valence-corrected chi connectivity index (χ4v) is 2.12. The number of hydrogen-bond donors (Lipinski definition) is 1. The molecule has 0 unspecified atom stereocenters. The molecular formula is C15H20BrNO4. The third-order valence-electron chi connectivity index (χ3n) is 3.18. The van der Waals surface area contributed by atoms with E-state index in [0.29, 0.717) is 5.75 Å². The first-order valence-electron chi connectivity index (χ1n) is 6.74. The van der Waals surface area contributed by atoms with Gasteiger partial charge in [0.05, 0.1) is 11.6 Å². The summed E-state index contributed by atoms with van der Waals surface area (Å²) in [6.45, 7) is 3.67. The van der Waals surface area contributed by atoms with Gasteiger partial charge in [-0.15, -0.1) is 0 Å². The van der Waals surface area contributed by atoms with Gasteiger partial charge < -0.3 is 14.8 Å². The van der Waals surface area contributed by atoms with Gasteiger partial charge in [0.2, 0.25) is 0 Å². The highest BCUT2D eigenvalue weighted by Crippen LogP contribution is 2.23. The molecule has 2 atom stereocenters. The van der Waals surface area contributed by atoms with Crippen molar-refractivity contribution in [1.29, 1.82) is 0 Å². The highest BCUT2D eigenvalue weighted by molar-refractivity contribution is 9.10. The SMILES string of the molecule is CC[C@@H](C)[C@H](NC(=O)COc1ccccc1Br)C(=O)OC. The average Bonchev–Trinajstić information content (AvgIpc) is 2.50. The van der Waals surface area contributed by atoms with Gasteiger partial charge in [-0.2, -0.15) is 0 Å². The van der Waals surface area contributed by atoms with Crippen molar-refractivity contribution in [2.24, 2.45) is 5.92 Å². The Morgan fingerprint density at radius 3 is 2.57 bits per heavy atom. The Kier molecular flexibility index (Phi) is 7.22. The Labute approximate surface area is 133 Å². The molecule has 1 amide bonds. The summed E-state index contributed by atoms with van der Waals surface area (Å²) in [6.07, 6.45) is 0.755. The highest BCUT2D eigenvalue weighted by atomic mass is 79.9. The van der Waals surface area contributed by atoms with E-state index in [2.05, 4.69) is 21.2 Å². The van der Waals surface area contributed by atoms with E-state index in [1.54, 1.807) is 6.07 Å². The number of halogens is 1. The van der Waals surface area contributed by atoms with E-state index in [1.807, 2.05) is 32.0 Å². The lowest BCUT2D eigenvalue weighted by molar-refractivity contribution is -0.146. The molecule has 5 nitrogen and oxygen atoms in total. The third-order valence-corrected chi connectivity index (χ3v) is 3.84. The van der Waals surface area contributed by atoms with Gasteiger partial charge in [-0.05, 0) is 34.0 Å². The molecule has 0 aliphatic rings. The lowest BCUT2D eigenvalue weighted by Crippen LogP contribution is -2.47. The topological polar surface area (TPSA) is 64.6 Å². The van der Waals surface area contributed by atoms with Crippen molar-refractivity contribution < 1.29 is 19.1 Å². The fourth-order valence-electron chi connectivity index (χ4n) is 1.72. The van der Waals surface area contributed by atoms with E-state index in [1.165, 1.54) is 7.11 Å². The van der Waals surface area contributed by atoms with Crippen LogP contribution in [0.3, 0.4) is 0 Å². The van der Waals surface area contributed by atoms with E-state index in [0.717, 1.165) is 10.9 Å². The van der Waals surface area contributed by atoms with Crippen LogP contribution in [0.4, 0.5) is 0 Å². The molecule has 6 heteroatoms. The molecule has 0 aromatic heterocycles. The number of nitrogens with one attached hydrogen (secondary N) is 1. The first-order chi connectivity index (χ1) is 9.99. The molecule has 0 fully saturated rings. The summed E-state index contributed by atoms with van der Waals surface area (Å²) in [5.41, 5.74) is 0.